The van der Waals surface area contributed by atoms with Crippen molar-refractivity contribution >= 4 is 22.6 Å². The summed E-state index contributed by atoms with van der Waals surface area (Å²) < 4.78 is 34.8. The fourth-order valence-electron chi connectivity index (χ4n) is 5.12. The maximum atomic E-state index is 13.5. The normalized spacial score (nSPS) is 21.9. The van der Waals surface area contributed by atoms with Crippen molar-refractivity contribution in [3.63, 3.8) is 0 Å². The summed E-state index contributed by atoms with van der Waals surface area (Å²) in [7, 11) is 0. The van der Waals surface area contributed by atoms with Crippen LogP contribution in [0.1, 0.15) is 31.0 Å². The Kier molecular flexibility index (Phi) is 4.79. The lowest BCUT2D eigenvalue weighted by molar-refractivity contribution is 0.0973. The third kappa shape index (κ3) is 3.31. The van der Waals surface area contributed by atoms with Gasteiger partial charge in [0.25, 0.3) is 0 Å². The summed E-state index contributed by atoms with van der Waals surface area (Å²) in [5.41, 5.74) is 8.34. The molecule has 0 bridgehead atoms. The molecule has 10 heteroatoms. The van der Waals surface area contributed by atoms with Gasteiger partial charge < -0.3 is 15.4 Å². The third-order valence-electron chi connectivity index (χ3n) is 7.12. The highest BCUT2D eigenvalue weighted by Crippen LogP contribution is 2.42. The molecule has 5 heterocycles. The molecule has 0 unspecified atom stereocenters. The smallest absolute Gasteiger partial charge is 0.213 e. The van der Waals surface area contributed by atoms with E-state index in [1.54, 1.807) is 6.20 Å². The molecule has 34 heavy (non-hydrogen) atoms. The summed E-state index contributed by atoms with van der Waals surface area (Å²) in [6.45, 7) is 4.36. The number of nitrogens with one attached hydrogen (secondary N) is 1. The SMILES string of the molecule is C[C@@H]1OCC2(CCN(c3nc4[nH]nc(C#Cc5cc(F)cc(F)c5)c4c4nccn34)CC2)[C@@H]1N. The molecular formula is C24H23F2N7O. The highest BCUT2D eigenvalue weighted by Gasteiger charge is 2.47. The fraction of sp³-hybridized carbons (Fsp3) is 0.375. The number of aromatic amines is 1. The van der Waals surface area contributed by atoms with Crippen LogP contribution in [-0.4, -0.2) is 56.4 Å². The Balaban J connectivity index is 1.35. The van der Waals surface area contributed by atoms with Gasteiger partial charge in [0, 0.05) is 48.6 Å². The van der Waals surface area contributed by atoms with E-state index < -0.39 is 11.6 Å². The monoisotopic (exact) mass is 463 g/mol. The maximum absolute atomic E-state index is 13.5. The van der Waals surface area contributed by atoms with E-state index in [2.05, 4.69) is 31.9 Å². The molecule has 8 nitrogen and oxygen atoms in total. The first kappa shape index (κ1) is 21.0. The van der Waals surface area contributed by atoms with Crippen molar-refractivity contribution in [3.05, 3.63) is 53.5 Å². The molecule has 2 fully saturated rings. The van der Waals surface area contributed by atoms with E-state index in [-0.39, 0.29) is 23.1 Å². The molecule has 0 radical (unpaired) electrons. The number of fused-ring (bicyclic) bond motifs is 3. The molecule has 1 spiro atoms. The number of aromatic nitrogens is 5. The van der Waals surface area contributed by atoms with E-state index in [0.29, 0.717) is 29.0 Å². The van der Waals surface area contributed by atoms with Gasteiger partial charge >= 0.3 is 0 Å². The fourth-order valence-corrected chi connectivity index (χ4v) is 5.12. The van der Waals surface area contributed by atoms with Gasteiger partial charge in [-0.1, -0.05) is 5.92 Å². The van der Waals surface area contributed by atoms with E-state index in [1.165, 1.54) is 12.1 Å². The molecule has 2 aliphatic rings. The molecule has 1 aromatic carbocycles. The van der Waals surface area contributed by atoms with E-state index in [9.17, 15) is 8.78 Å². The molecule has 3 aromatic heterocycles. The number of piperidine rings is 1. The Bertz CT molecular complexity index is 1440. The quantitative estimate of drug-likeness (QED) is 0.421. The van der Waals surface area contributed by atoms with Crippen LogP contribution in [0.5, 0.6) is 0 Å². The number of halogens is 2. The lowest BCUT2D eigenvalue weighted by atomic mass is 9.73. The molecule has 0 amide bonds. The highest BCUT2D eigenvalue weighted by molar-refractivity contribution is 5.94. The average molecular weight is 463 g/mol. The van der Waals surface area contributed by atoms with E-state index >= 15 is 0 Å². The van der Waals surface area contributed by atoms with Gasteiger partial charge in [0.1, 0.15) is 17.3 Å². The van der Waals surface area contributed by atoms with Crippen LogP contribution >= 0.6 is 0 Å². The number of rotatable bonds is 1. The summed E-state index contributed by atoms with van der Waals surface area (Å²) in [4.78, 5) is 11.6. The van der Waals surface area contributed by atoms with Crippen LogP contribution in [0.3, 0.4) is 0 Å². The van der Waals surface area contributed by atoms with Crippen LogP contribution in [0.4, 0.5) is 14.7 Å². The summed E-state index contributed by atoms with van der Waals surface area (Å²) >= 11 is 0. The molecule has 3 N–H and O–H groups in total. The van der Waals surface area contributed by atoms with Gasteiger partial charge in [-0.2, -0.15) is 10.1 Å². The first-order valence-corrected chi connectivity index (χ1v) is 11.2. The maximum Gasteiger partial charge on any atom is 0.213 e. The largest absolute Gasteiger partial charge is 0.376 e. The predicted molar refractivity (Wildman–Crippen MR) is 122 cm³/mol. The average Bonchev–Trinajstić information content (AvgIpc) is 3.52. The van der Waals surface area contributed by atoms with Gasteiger partial charge in [0.2, 0.25) is 5.95 Å². The Morgan fingerprint density at radius 1 is 1.18 bits per heavy atom. The van der Waals surface area contributed by atoms with Crippen molar-refractivity contribution in [1.82, 2.24) is 24.6 Å². The minimum absolute atomic E-state index is 0.0151. The minimum Gasteiger partial charge on any atom is -0.376 e. The summed E-state index contributed by atoms with van der Waals surface area (Å²) in [6.07, 6.45) is 5.51. The zero-order valence-corrected chi connectivity index (χ0v) is 18.6. The standard InChI is InChI=1S/C24H23F2N7O/c1-14-20(27)24(13-34-14)4-7-32(8-5-24)23-29-21-19(22-28-6-9-33(22)23)18(30-31-21)3-2-15-10-16(25)12-17(26)11-15/h6,9-12,14,20H,4-5,7-8,13,27H2,1H3,(H,30,31)/t14-,20+/m0/s1. The molecule has 2 aliphatic heterocycles. The summed E-state index contributed by atoms with van der Waals surface area (Å²) in [5.74, 6) is 5.09. The second-order valence-electron chi connectivity index (χ2n) is 9.13. The van der Waals surface area contributed by atoms with Crippen LogP contribution in [0.25, 0.3) is 16.7 Å². The molecule has 0 saturated carbocycles. The second kappa shape index (κ2) is 7.75. The van der Waals surface area contributed by atoms with Gasteiger partial charge in [0.05, 0.1) is 18.1 Å². The lowest BCUT2D eigenvalue weighted by Gasteiger charge is -2.41. The van der Waals surface area contributed by atoms with Crippen molar-refractivity contribution < 1.29 is 13.5 Å². The zero-order chi connectivity index (χ0) is 23.4. The van der Waals surface area contributed by atoms with Gasteiger partial charge in [0.15, 0.2) is 11.3 Å². The number of hydrogen-bond donors (Lipinski definition) is 2. The molecule has 2 saturated heterocycles. The van der Waals surface area contributed by atoms with Gasteiger partial charge in [-0.15, -0.1) is 0 Å². The topological polar surface area (TPSA) is 97.4 Å². The summed E-state index contributed by atoms with van der Waals surface area (Å²) in [6, 6.07) is 3.21. The van der Waals surface area contributed by atoms with Crippen LogP contribution < -0.4 is 10.6 Å². The van der Waals surface area contributed by atoms with Crippen molar-refractivity contribution in [1.29, 1.82) is 0 Å². The van der Waals surface area contributed by atoms with Crippen molar-refractivity contribution in [2.75, 3.05) is 24.6 Å². The first-order valence-electron chi connectivity index (χ1n) is 11.2. The van der Waals surface area contributed by atoms with E-state index in [1.807, 2.05) is 17.5 Å². The number of anilines is 1. The van der Waals surface area contributed by atoms with E-state index in [0.717, 1.165) is 37.9 Å². The minimum atomic E-state index is -0.680. The van der Waals surface area contributed by atoms with E-state index in [4.69, 9.17) is 15.5 Å². The van der Waals surface area contributed by atoms with Crippen LogP contribution in [0.15, 0.2) is 30.6 Å². The zero-order valence-electron chi connectivity index (χ0n) is 18.6. The Hall–Kier alpha value is -3.55. The molecule has 0 aliphatic carbocycles. The molecule has 174 valence electrons. The van der Waals surface area contributed by atoms with Crippen molar-refractivity contribution in [2.45, 2.75) is 31.9 Å². The number of benzene rings is 1. The number of nitrogens with zero attached hydrogens (tertiary/aromatic N) is 5. The predicted octanol–water partition coefficient (Wildman–Crippen LogP) is 2.62. The number of ether oxygens (including phenoxy) is 1. The highest BCUT2D eigenvalue weighted by atomic mass is 19.1. The Labute approximate surface area is 194 Å². The van der Waals surface area contributed by atoms with Gasteiger partial charge in [-0.3, -0.25) is 9.50 Å². The molecule has 4 aromatic rings. The van der Waals surface area contributed by atoms with Crippen molar-refractivity contribution in [2.24, 2.45) is 11.1 Å². The van der Waals surface area contributed by atoms with Gasteiger partial charge in [-0.05, 0) is 37.8 Å². The molecule has 2 atom stereocenters. The first-order chi connectivity index (χ1) is 16.4. The molecule has 6 rings (SSSR count). The lowest BCUT2D eigenvalue weighted by Crippen LogP contribution is -2.51. The number of H-pyrrole nitrogens is 1. The number of imidazole rings is 1. The Morgan fingerprint density at radius 3 is 2.65 bits per heavy atom. The van der Waals surface area contributed by atoms with Crippen LogP contribution in [0, 0.1) is 28.9 Å². The third-order valence-corrected chi connectivity index (χ3v) is 7.12. The second-order valence-corrected chi connectivity index (χ2v) is 9.13. The van der Waals surface area contributed by atoms with Gasteiger partial charge in [-0.25, -0.2) is 13.8 Å². The van der Waals surface area contributed by atoms with Crippen LogP contribution in [0.2, 0.25) is 0 Å². The van der Waals surface area contributed by atoms with Crippen molar-refractivity contribution in [3.8, 4) is 11.8 Å². The molecular weight excluding hydrogens is 440 g/mol. The van der Waals surface area contributed by atoms with Crippen LogP contribution in [-0.2, 0) is 4.74 Å². The number of nitrogens with two attached hydrogens (primary N) is 1. The Morgan fingerprint density at radius 2 is 1.94 bits per heavy atom. The summed E-state index contributed by atoms with van der Waals surface area (Å²) in [5, 5.41) is 7.89. The number of hydrogen-bond acceptors (Lipinski definition) is 6.